The topological polar surface area (TPSA) is 102 Å². The second kappa shape index (κ2) is 7.41. The van der Waals surface area contributed by atoms with Crippen molar-refractivity contribution in [2.24, 2.45) is 0 Å². The van der Waals surface area contributed by atoms with Crippen LogP contribution in [0.4, 0.5) is 11.4 Å². The van der Waals surface area contributed by atoms with E-state index in [1.54, 1.807) is 30.3 Å². The first kappa shape index (κ1) is 17.7. The number of carbonyl (C=O) groups is 2. The minimum atomic E-state index is -0.624. The largest absolute Gasteiger partial charge is 0.474 e. The molecule has 8 nitrogen and oxygen atoms in total. The maximum absolute atomic E-state index is 12.5. The van der Waals surface area contributed by atoms with Gasteiger partial charge in [0.2, 0.25) is 0 Å². The van der Waals surface area contributed by atoms with Gasteiger partial charge in [-0.25, -0.2) is 5.01 Å². The Hall–Kier alpha value is -4.12. The fraction of sp³-hybridized carbons (Fsp3) is 0.0526. The van der Waals surface area contributed by atoms with E-state index in [4.69, 9.17) is 11.2 Å². The molecular formula is C19H13N3O5. The fourth-order valence-corrected chi connectivity index (χ4v) is 2.49. The number of para-hydroxylation sites is 1. The van der Waals surface area contributed by atoms with Crippen LogP contribution in [0.25, 0.3) is 6.08 Å². The van der Waals surface area contributed by atoms with Crippen molar-refractivity contribution in [3.63, 3.8) is 0 Å². The van der Waals surface area contributed by atoms with Crippen LogP contribution in [-0.2, 0) is 9.59 Å². The molecule has 8 heteroatoms. The zero-order valence-corrected chi connectivity index (χ0v) is 13.9. The standard InChI is InChI=1S/C19H13N3O5/c1-2-10-27-17-9-8-13(12-16(17)22(25)26)11-15-18(23)20-21(19(15)24)14-6-4-3-5-7-14/h1,3-9,11-12H,10H2,(H,20,23)/b15-11-. The molecule has 1 saturated heterocycles. The highest BCUT2D eigenvalue weighted by Gasteiger charge is 2.34. The molecular weight excluding hydrogens is 350 g/mol. The van der Waals surface area contributed by atoms with E-state index in [0.717, 1.165) is 5.01 Å². The molecule has 0 unspecified atom stereocenters. The molecule has 1 aliphatic rings. The van der Waals surface area contributed by atoms with Gasteiger partial charge in [0.25, 0.3) is 11.8 Å². The number of amides is 2. The predicted octanol–water partition coefficient (Wildman–Crippen LogP) is 2.07. The molecule has 0 aromatic heterocycles. The highest BCUT2D eigenvalue weighted by molar-refractivity contribution is 6.31. The van der Waals surface area contributed by atoms with Crippen LogP contribution < -0.4 is 15.2 Å². The second-order valence-electron chi connectivity index (χ2n) is 5.45. The molecule has 1 aliphatic heterocycles. The Morgan fingerprint density at radius 2 is 1.96 bits per heavy atom. The van der Waals surface area contributed by atoms with Gasteiger partial charge in [0.15, 0.2) is 5.75 Å². The zero-order valence-electron chi connectivity index (χ0n) is 13.9. The number of ether oxygens (including phenoxy) is 1. The van der Waals surface area contributed by atoms with Crippen LogP contribution in [0.15, 0.2) is 54.1 Å². The van der Waals surface area contributed by atoms with Gasteiger partial charge in [-0.2, -0.15) is 0 Å². The van der Waals surface area contributed by atoms with Crippen LogP contribution >= 0.6 is 0 Å². The van der Waals surface area contributed by atoms with Crippen LogP contribution in [-0.4, -0.2) is 23.3 Å². The lowest BCUT2D eigenvalue weighted by Gasteiger charge is -2.13. The molecule has 134 valence electrons. The Bertz CT molecular complexity index is 992. The number of hydrazine groups is 1. The molecule has 1 N–H and O–H groups in total. The van der Waals surface area contributed by atoms with Crippen molar-refractivity contribution in [1.82, 2.24) is 5.43 Å². The van der Waals surface area contributed by atoms with E-state index in [0.29, 0.717) is 11.3 Å². The molecule has 0 saturated carbocycles. The van der Waals surface area contributed by atoms with Crippen LogP contribution in [0, 0.1) is 22.5 Å². The smallest absolute Gasteiger partial charge is 0.311 e. The molecule has 0 spiro atoms. The maximum atomic E-state index is 12.5. The Labute approximate surface area is 154 Å². The number of nitrogens with one attached hydrogen (secondary N) is 1. The third-order valence-electron chi connectivity index (χ3n) is 3.71. The summed E-state index contributed by atoms with van der Waals surface area (Å²) in [5, 5.41) is 12.4. The number of anilines is 1. The molecule has 2 aromatic rings. The van der Waals surface area contributed by atoms with Crippen molar-refractivity contribution in [2.45, 2.75) is 0 Å². The first-order valence-electron chi connectivity index (χ1n) is 7.78. The molecule has 3 rings (SSSR count). The lowest BCUT2D eigenvalue weighted by atomic mass is 10.1. The SMILES string of the molecule is C#CCOc1ccc(/C=C2/C(=O)NN(c3ccccc3)C2=O)cc1[N+](=O)[O-]. The van der Waals surface area contributed by atoms with Crippen molar-refractivity contribution in [3.8, 4) is 18.1 Å². The van der Waals surface area contributed by atoms with Crippen molar-refractivity contribution < 1.29 is 19.2 Å². The van der Waals surface area contributed by atoms with Gasteiger partial charge in [-0.05, 0) is 29.8 Å². The summed E-state index contributed by atoms with van der Waals surface area (Å²) in [5.41, 5.74) is 2.83. The predicted molar refractivity (Wildman–Crippen MR) is 97.5 cm³/mol. The number of hydrogen-bond donors (Lipinski definition) is 1. The Morgan fingerprint density at radius 1 is 1.22 bits per heavy atom. The number of rotatable bonds is 5. The summed E-state index contributed by atoms with van der Waals surface area (Å²) in [4.78, 5) is 35.3. The fourth-order valence-electron chi connectivity index (χ4n) is 2.49. The number of hydrogen-bond acceptors (Lipinski definition) is 5. The number of benzene rings is 2. The van der Waals surface area contributed by atoms with E-state index >= 15 is 0 Å². The third kappa shape index (κ3) is 3.62. The van der Waals surface area contributed by atoms with Crippen molar-refractivity contribution in [2.75, 3.05) is 11.6 Å². The van der Waals surface area contributed by atoms with Crippen LogP contribution in [0.3, 0.4) is 0 Å². The Morgan fingerprint density at radius 3 is 2.63 bits per heavy atom. The van der Waals surface area contributed by atoms with E-state index in [-0.39, 0.29) is 23.6 Å². The summed E-state index contributed by atoms with van der Waals surface area (Å²) in [5.74, 6) is 1.08. The number of carbonyl (C=O) groups excluding carboxylic acids is 2. The second-order valence-corrected chi connectivity index (χ2v) is 5.45. The number of nitrogens with zero attached hydrogens (tertiary/aromatic N) is 2. The molecule has 2 amide bonds. The van der Waals surface area contributed by atoms with Gasteiger partial charge >= 0.3 is 5.69 Å². The van der Waals surface area contributed by atoms with Gasteiger partial charge in [-0.15, -0.1) is 6.42 Å². The van der Waals surface area contributed by atoms with E-state index < -0.39 is 16.7 Å². The highest BCUT2D eigenvalue weighted by Crippen LogP contribution is 2.29. The van der Waals surface area contributed by atoms with Crippen LogP contribution in [0.1, 0.15) is 5.56 Å². The monoisotopic (exact) mass is 363 g/mol. The summed E-state index contributed by atoms with van der Waals surface area (Å²) in [6.07, 6.45) is 6.38. The molecule has 0 aliphatic carbocycles. The van der Waals surface area contributed by atoms with Crippen molar-refractivity contribution >= 4 is 29.3 Å². The maximum Gasteiger partial charge on any atom is 0.311 e. The molecule has 1 fully saturated rings. The molecule has 1 heterocycles. The lowest BCUT2D eigenvalue weighted by Crippen LogP contribution is -2.35. The average Bonchev–Trinajstić information content (AvgIpc) is 2.95. The van der Waals surface area contributed by atoms with E-state index in [2.05, 4.69) is 11.3 Å². The van der Waals surface area contributed by atoms with E-state index in [9.17, 15) is 19.7 Å². The minimum absolute atomic E-state index is 0.00760. The highest BCUT2D eigenvalue weighted by atomic mass is 16.6. The number of nitro benzene ring substituents is 1. The van der Waals surface area contributed by atoms with Crippen molar-refractivity contribution in [3.05, 3.63) is 69.8 Å². The summed E-state index contributed by atoms with van der Waals surface area (Å²) >= 11 is 0. The molecule has 27 heavy (non-hydrogen) atoms. The lowest BCUT2D eigenvalue weighted by molar-refractivity contribution is -0.385. The van der Waals surface area contributed by atoms with Gasteiger partial charge in [0, 0.05) is 6.07 Å². The molecule has 0 radical (unpaired) electrons. The summed E-state index contributed by atoms with van der Waals surface area (Å²) in [7, 11) is 0. The normalized spacial score (nSPS) is 14.8. The molecule has 2 aromatic carbocycles. The van der Waals surface area contributed by atoms with Gasteiger partial charge in [-0.1, -0.05) is 30.2 Å². The average molecular weight is 363 g/mol. The first-order chi connectivity index (χ1) is 13.0. The summed E-state index contributed by atoms with van der Waals surface area (Å²) in [6.45, 7) is -0.117. The van der Waals surface area contributed by atoms with Gasteiger partial charge < -0.3 is 4.74 Å². The number of terminal acetylenes is 1. The molecule has 0 atom stereocenters. The Kier molecular flexibility index (Phi) is 4.86. The van der Waals surface area contributed by atoms with Gasteiger partial charge in [0.05, 0.1) is 10.6 Å². The quantitative estimate of drug-likeness (QED) is 0.288. The summed E-state index contributed by atoms with van der Waals surface area (Å²) in [6, 6.07) is 12.7. The van der Waals surface area contributed by atoms with Crippen LogP contribution in [0.2, 0.25) is 0 Å². The van der Waals surface area contributed by atoms with Gasteiger partial charge in [0.1, 0.15) is 12.2 Å². The molecule has 0 bridgehead atoms. The van der Waals surface area contributed by atoms with Crippen LogP contribution in [0.5, 0.6) is 5.75 Å². The van der Waals surface area contributed by atoms with E-state index in [1.165, 1.54) is 24.3 Å². The van der Waals surface area contributed by atoms with Gasteiger partial charge in [-0.3, -0.25) is 25.1 Å². The minimum Gasteiger partial charge on any atom is -0.474 e. The summed E-state index contributed by atoms with van der Waals surface area (Å²) < 4.78 is 5.14. The number of nitro groups is 1. The van der Waals surface area contributed by atoms with E-state index in [1.807, 2.05) is 0 Å². The first-order valence-corrected chi connectivity index (χ1v) is 7.78. The Balaban J connectivity index is 1.93. The zero-order chi connectivity index (χ0) is 19.4. The third-order valence-corrected chi connectivity index (χ3v) is 3.71. The van der Waals surface area contributed by atoms with Crippen molar-refractivity contribution in [1.29, 1.82) is 0 Å².